The number of rotatable bonds is 7. The summed E-state index contributed by atoms with van der Waals surface area (Å²) < 4.78 is 5.27. The molecular formula is C17H34N2O2. The Hall–Kier alpha value is -0.610. The number of likely N-dealkylation sites (tertiary alicyclic amines) is 1. The Balaban J connectivity index is 2.58. The van der Waals surface area contributed by atoms with Gasteiger partial charge in [0.05, 0.1) is 6.61 Å². The van der Waals surface area contributed by atoms with Crippen molar-refractivity contribution >= 4 is 5.97 Å². The van der Waals surface area contributed by atoms with Crippen LogP contribution >= 0.6 is 0 Å². The Morgan fingerprint density at radius 3 is 2.57 bits per heavy atom. The molecule has 1 rings (SSSR count). The monoisotopic (exact) mass is 298 g/mol. The first-order chi connectivity index (χ1) is 9.78. The highest BCUT2D eigenvalue weighted by molar-refractivity contribution is 5.80. The molecule has 4 nitrogen and oxygen atoms in total. The van der Waals surface area contributed by atoms with Gasteiger partial charge in [-0.25, -0.2) is 0 Å². The molecule has 124 valence electrons. The SMILES string of the molecule is CCOC(=O)C(C)(CCN1CCC(C)C(C)C1)NC(C)C. The fourth-order valence-corrected chi connectivity index (χ4v) is 3.09. The first-order valence-corrected chi connectivity index (χ1v) is 8.45. The molecular weight excluding hydrogens is 264 g/mol. The van der Waals surface area contributed by atoms with E-state index in [-0.39, 0.29) is 12.0 Å². The van der Waals surface area contributed by atoms with E-state index in [4.69, 9.17) is 4.74 Å². The highest BCUT2D eigenvalue weighted by Crippen LogP contribution is 2.24. The van der Waals surface area contributed by atoms with Gasteiger partial charge in [0.1, 0.15) is 5.54 Å². The minimum atomic E-state index is -0.587. The molecule has 1 aliphatic heterocycles. The molecule has 1 aliphatic rings. The van der Waals surface area contributed by atoms with Crippen molar-refractivity contribution in [1.82, 2.24) is 10.2 Å². The molecule has 0 aromatic carbocycles. The van der Waals surface area contributed by atoms with Gasteiger partial charge in [-0.3, -0.25) is 10.1 Å². The van der Waals surface area contributed by atoms with E-state index >= 15 is 0 Å². The molecule has 0 amide bonds. The van der Waals surface area contributed by atoms with Crippen molar-refractivity contribution < 1.29 is 9.53 Å². The Labute approximate surface area is 130 Å². The summed E-state index contributed by atoms with van der Waals surface area (Å²) >= 11 is 0. The Morgan fingerprint density at radius 1 is 1.38 bits per heavy atom. The average Bonchev–Trinajstić information content (AvgIpc) is 2.39. The van der Waals surface area contributed by atoms with Crippen molar-refractivity contribution in [3.05, 3.63) is 0 Å². The lowest BCUT2D eigenvalue weighted by Crippen LogP contribution is -2.55. The van der Waals surface area contributed by atoms with E-state index in [1.807, 2.05) is 13.8 Å². The average molecular weight is 298 g/mol. The second kappa shape index (κ2) is 8.14. The number of carbonyl (C=O) groups is 1. The molecule has 3 unspecified atom stereocenters. The van der Waals surface area contributed by atoms with Crippen molar-refractivity contribution in [2.75, 3.05) is 26.2 Å². The first kappa shape index (κ1) is 18.4. The van der Waals surface area contributed by atoms with E-state index in [0.717, 1.165) is 37.9 Å². The Bertz CT molecular complexity index is 333. The Kier molecular flexibility index (Phi) is 7.14. The zero-order valence-corrected chi connectivity index (χ0v) is 14.7. The van der Waals surface area contributed by atoms with Gasteiger partial charge >= 0.3 is 5.97 Å². The lowest BCUT2D eigenvalue weighted by Gasteiger charge is -2.38. The van der Waals surface area contributed by atoms with Gasteiger partial charge in [-0.05, 0) is 58.9 Å². The summed E-state index contributed by atoms with van der Waals surface area (Å²) in [6.07, 6.45) is 2.06. The topological polar surface area (TPSA) is 41.6 Å². The second-order valence-electron chi connectivity index (χ2n) is 7.15. The molecule has 0 aromatic rings. The van der Waals surface area contributed by atoms with Gasteiger partial charge in [-0.15, -0.1) is 0 Å². The number of esters is 1. The molecule has 1 fully saturated rings. The highest BCUT2D eigenvalue weighted by atomic mass is 16.5. The standard InChI is InChI=1S/C17H34N2O2/c1-7-21-16(20)17(6,18-13(2)3)9-11-19-10-8-14(4)15(5)12-19/h13-15,18H,7-12H2,1-6H3. The third-order valence-electron chi connectivity index (χ3n) is 4.68. The number of nitrogens with zero attached hydrogens (tertiary/aromatic N) is 1. The number of hydrogen-bond donors (Lipinski definition) is 1. The van der Waals surface area contributed by atoms with Crippen LogP contribution in [0.5, 0.6) is 0 Å². The molecule has 4 heteroatoms. The van der Waals surface area contributed by atoms with Gasteiger partial charge in [0.25, 0.3) is 0 Å². The maximum atomic E-state index is 12.3. The lowest BCUT2D eigenvalue weighted by molar-refractivity contribution is -0.151. The molecule has 1 N–H and O–H groups in total. The van der Waals surface area contributed by atoms with E-state index in [1.54, 1.807) is 0 Å². The molecule has 21 heavy (non-hydrogen) atoms. The van der Waals surface area contributed by atoms with E-state index < -0.39 is 5.54 Å². The van der Waals surface area contributed by atoms with Crippen LogP contribution in [0.1, 0.15) is 54.4 Å². The Morgan fingerprint density at radius 2 is 2.05 bits per heavy atom. The number of carbonyl (C=O) groups excluding carboxylic acids is 1. The summed E-state index contributed by atoms with van der Waals surface area (Å²) in [7, 11) is 0. The smallest absolute Gasteiger partial charge is 0.326 e. The summed E-state index contributed by atoms with van der Waals surface area (Å²) in [5.41, 5.74) is -0.587. The zero-order chi connectivity index (χ0) is 16.0. The zero-order valence-electron chi connectivity index (χ0n) is 14.7. The van der Waals surface area contributed by atoms with Gasteiger partial charge in [0, 0.05) is 19.1 Å². The number of nitrogens with one attached hydrogen (secondary N) is 1. The normalized spacial score (nSPS) is 26.6. The van der Waals surface area contributed by atoms with E-state index in [1.165, 1.54) is 6.42 Å². The fraction of sp³-hybridized carbons (Fsp3) is 0.941. The van der Waals surface area contributed by atoms with E-state index in [2.05, 4.69) is 37.9 Å². The summed E-state index contributed by atoms with van der Waals surface area (Å²) in [5.74, 6) is 1.43. The first-order valence-electron chi connectivity index (χ1n) is 8.45. The van der Waals surface area contributed by atoms with Gasteiger partial charge < -0.3 is 9.64 Å². The second-order valence-corrected chi connectivity index (χ2v) is 7.15. The quantitative estimate of drug-likeness (QED) is 0.734. The number of ether oxygens (including phenoxy) is 1. The fourth-order valence-electron chi connectivity index (χ4n) is 3.09. The van der Waals surface area contributed by atoms with Crippen LogP contribution in [0.4, 0.5) is 0 Å². The summed E-state index contributed by atoms with van der Waals surface area (Å²) in [6, 6.07) is 0.264. The van der Waals surface area contributed by atoms with Crippen molar-refractivity contribution in [2.24, 2.45) is 11.8 Å². The van der Waals surface area contributed by atoms with Crippen LogP contribution in [0.3, 0.4) is 0 Å². The van der Waals surface area contributed by atoms with Crippen molar-refractivity contribution in [2.45, 2.75) is 66.0 Å². The third-order valence-corrected chi connectivity index (χ3v) is 4.68. The van der Waals surface area contributed by atoms with Gasteiger partial charge in [0.2, 0.25) is 0 Å². The van der Waals surface area contributed by atoms with Crippen LogP contribution in [0, 0.1) is 11.8 Å². The van der Waals surface area contributed by atoms with Crippen LogP contribution in [-0.4, -0.2) is 48.7 Å². The summed E-state index contributed by atoms with van der Waals surface area (Å²) in [4.78, 5) is 14.8. The van der Waals surface area contributed by atoms with Crippen LogP contribution in [0.15, 0.2) is 0 Å². The summed E-state index contributed by atoms with van der Waals surface area (Å²) in [6.45, 7) is 16.3. The van der Waals surface area contributed by atoms with Crippen LogP contribution in [0.2, 0.25) is 0 Å². The maximum Gasteiger partial charge on any atom is 0.326 e. The summed E-state index contributed by atoms with van der Waals surface area (Å²) in [5, 5.41) is 3.40. The van der Waals surface area contributed by atoms with Gasteiger partial charge in [-0.2, -0.15) is 0 Å². The van der Waals surface area contributed by atoms with Gasteiger partial charge in [0.15, 0.2) is 0 Å². The minimum Gasteiger partial charge on any atom is -0.465 e. The van der Waals surface area contributed by atoms with Crippen molar-refractivity contribution in [3.8, 4) is 0 Å². The predicted octanol–water partition coefficient (Wildman–Crippen LogP) is 2.67. The van der Waals surface area contributed by atoms with Crippen molar-refractivity contribution in [3.63, 3.8) is 0 Å². The largest absolute Gasteiger partial charge is 0.465 e. The van der Waals surface area contributed by atoms with Crippen LogP contribution in [0.25, 0.3) is 0 Å². The third kappa shape index (κ3) is 5.59. The molecule has 0 bridgehead atoms. The molecule has 3 atom stereocenters. The minimum absolute atomic E-state index is 0.128. The molecule has 0 radical (unpaired) electrons. The molecule has 0 saturated carbocycles. The molecule has 0 spiro atoms. The molecule has 0 aliphatic carbocycles. The molecule has 1 heterocycles. The number of hydrogen-bond acceptors (Lipinski definition) is 4. The van der Waals surface area contributed by atoms with E-state index in [0.29, 0.717) is 6.61 Å². The lowest BCUT2D eigenvalue weighted by atomic mass is 9.88. The van der Waals surface area contributed by atoms with Gasteiger partial charge in [-0.1, -0.05) is 13.8 Å². The maximum absolute atomic E-state index is 12.3. The van der Waals surface area contributed by atoms with E-state index in [9.17, 15) is 4.79 Å². The molecule has 1 saturated heterocycles. The van der Waals surface area contributed by atoms with Crippen LogP contribution < -0.4 is 5.32 Å². The molecule has 0 aromatic heterocycles. The van der Waals surface area contributed by atoms with Crippen molar-refractivity contribution in [1.29, 1.82) is 0 Å². The highest BCUT2D eigenvalue weighted by Gasteiger charge is 2.36. The van der Waals surface area contributed by atoms with Crippen LogP contribution in [-0.2, 0) is 9.53 Å². The number of piperidine rings is 1. The predicted molar refractivity (Wildman–Crippen MR) is 87.3 cm³/mol.